The molecule has 19 heavy (non-hydrogen) atoms. The fraction of sp³-hybridized carbons (Fsp3) is 0.615. The lowest BCUT2D eigenvalue weighted by atomic mass is 9.82. The van der Waals surface area contributed by atoms with Crippen LogP contribution in [0.4, 0.5) is 0 Å². The van der Waals surface area contributed by atoms with Gasteiger partial charge in [0.1, 0.15) is 5.56 Å². The van der Waals surface area contributed by atoms with Gasteiger partial charge in [-0.3, -0.25) is 9.59 Å². The van der Waals surface area contributed by atoms with Crippen molar-refractivity contribution in [2.24, 2.45) is 5.92 Å². The number of hydrogen-bond donors (Lipinski definition) is 2. The summed E-state index contributed by atoms with van der Waals surface area (Å²) in [6.45, 7) is 4.05. The van der Waals surface area contributed by atoms with E-state index in [0.717, 1.165) is 12.8 Å². The van der Waals surface area contributed by atoms with Crippen LogP contribution >= 0.6 is 0 Å². The lowest BCUT2D eigenvalue weighted by molar-refractivity contribution is 0.0264. The Morgan fingerprint density at radius 1 is 1.47 bits per heavy atom. The molecule has 1 aromatic rings. The Labute approximate surface area is 111 Å². The van der Waals surface area contributed by atoms with Crippen LogP contribution in [-0.4, -0.2) is 45.8 Å². The Balaban J connectivity index is 2.15. The van der Waals surface area contributed by atoms with E-state index in [2.05, 4.69) is 10.2 Å². The van der Waals surface area contributed by atoms with E-state index >= 15 is 0 Å². The van der Waals surface area contributed by atoms with Crippen LogP contribution in [-0.2, 0) is 0 Å². The molecule has 0 unspecified atom stereocenters. The molecule has 0 spiro atoms. The lowest BCUT2D eigenvalue weighted by Crippen LogP contribution is -2.41. The maximum absolute atomic E-state index is 12.3. The van der Waals surface area contributed by atoms with E-state index in [4.69, 9.17) is 0 Å². The summed E-state index contributed by atoms with van der Waals surface area (Å²) in [6.07, 6.45) is 1.21. The number of nitrogens with one attached hydrogen (secondary N) is 1. The van der Waals surface area contributed by atoms with Crippen molar-refractivity contribution in [1.82, 2.24) is 15.1 Å². The fourth-order valence-corrected chi connectivity index (χ4v) is 2.39. The number of aliphatic hydroxyl groups excluding tert-OH is 1. The third-order valence-corrected chi connectivity index (χ3v) is 3.77. The minimum Gasteiger partial charge on any atom is -0.393 e. The van der Waals surface area contributed by atoms with Gasteiger partial charge in [0.2, 0.25) is 0 Å². The third kappa shape index (κ3) is 2.68. The number of H-pyrrole nitrogens is 1. The van der Waals surface area contributed by atoms with Gasteiger partial charge in [0.25, 0.3) is 11.5 Å². The van der Waals surface area contributed by atoms with E-state index in [0.29, 0.717) is 23.7 Å². The minimum absolute atomic E-state index is 0.162. The molecule has 1 saturated carbocycles. The maximum Gasteiger partial charge on any atom is 0.277 e. The van der Waals surface area contributed by atoms with Crippen LogP contribution in [0.15, 0.2) is 4.79 Å². The lowest BCUT2D eigenvalue weighted by Gasteiger charge is -2.34. The Morgan fingerprint density at radius 3 is 2.68 bits per heavy atom. The number of aromatic nitrogens is 2. The molecule has 2 rings (SSSR count). The van der Waals surface area contributed by atoms with Gasteiger partial charge in [-0.25, -0.2) is 5.10 Å². The molecule has 2 N–H and O–H groups in total. The highest BCUT2D eigenvalue weighted by atomic mass is 16.3. The molecule has 0 bridgehead atoms. The molecule has 0 atom stereocenters. The zero-order valence-corrected chi connectivity index (χ0v) is 11.4. The van der Waals surface area contributed by atoms with Crippen LogP contribution in [0.2, 0.25) is 0 Å². The van der Waals surface area contributed by atoms with E-state index in [1.807, 2.05) is 0 Å². The summed E-state index contributed by atoms with van der Waals surface area (Å²) in [6, 6.07) is 0. The van der Waals surface area contributed by atoms with Crippen molar-refractivity contribution < 1.29 is 9.90 Å². The first kappa shape index (κ1) is 13.7. The smallest absolute Gasteiger partial charge is 0.277 e. The van der Waals surface area contributed by atoms with Crippen LogP contribution in [0.25, 0.3) is 0 Å². The maximum atomic E-state index is 12.3. The minimum atomic E-state index is -0.450. The molecule has 0 radical (unpaired) electrons. The highest BCUT2D eigenvalue weighted by molar-refractivity contribution is 5.95. The first-order valence-electron chi connectivity index (χ1n) is 6.39. The number of nitrogens with zero attached hydrogens (tertiary/aromatic N) is 2. The summed E-state index contributed by atoms with van der Waals surface area (Å²) in [5.41, 5.74) is 0.980. The van der Waals surface area contributed by atoms with Crippen LogP contribution in [0.3, 0.4) is 0 Å². The number of carbonyl (C=O) groups is 1. The molecular weight excluding hydrogens is 246 g/mol. The van der Waals surface area contributed by atoms with Gasteiger partial charge < -0.3 is 10.0 Å². The summed E-state index contributed by atoms with van der Waals surface area (Å²) in [4.78, 5) is 25.6. The molecule has 1 amide bonds. The highest BCUT2D eigenvalue weighted by Crippen LogP contribution is 2.27. The molecule has 6 heteroatoms. The van der Waals surface area contributed by atoms with E-state index in [-0.39, 0.29) is 17.6 Å². The van der Waals surface area contributed by atoms with Gasteiger partial charge in [0.15, 0.2) is 0 Å². The van der Waals surface area contributed by atoms with E-state index in [9.17, 15) is 14.7 Å². The van der Waals surface area contributed by atoms with Gasteiger partial charge in [-0.15, -0.1) is 0 Å². The Bertz CT molecular complexity index is 547. The average molecular weight is 265 g/mol. The molecule has 1 aliphatic carbocycles. The summed E-state index contributed by atoms with van der Waals surface area (Å²) < 4.78 is 0. The largest absolute Gasteiger partial charge is 0.393 e. The first-order chi connectivity index (χ1) is 8.90. The van der Waals surface area contributed by atoms with E-state index in [1.54, 1.807) is 25.8 Å². The third-order valence-electron chi connectivity index (χ3n) is 3.77. The topological polar surface area (TPSA) is 86.3 Å². The van der Waals surface area contributed by atoms with Gasteiger partial charge in [0, 0.05) is 13.6 Å². The number of carbonyl (C=O) groups excluding carboxylic acids is 1. The number of aliphatic hydroxyl groups is 1. The van der Waals surface area contributed by atoms with Crippen LogP contribution in [0, 0.1) is 19.8 Å². The fourth-order valence-electron chi connectivity index (χ4n) is 2.39. The second kappa shape index (κ2) is 5.13. The zero-order chi connectivity index (χ0) is 14.2. The second-order valence-corrected chi connectivity index (χ2v) is 5.32. The predicted molar refractivity (Wildman–Crippen MR) is 70.0 cm³/mol. The van der Waals surface area contributed by atoms with Crippen LogP contribution in [0.1, 0.15) is 34.5 Å². The number of rotatable bonds is 3. The van der Waals surface area contributed by atoms with Crippen molar-refractivity contribution in [1.29, 1.82) is 0 Å². The van der Waals surface area contributed by atoms with Crippen LogP contribution < -0.4 is 5.56 Å². The summed E-state index contributed by atoms with van der Waals surface area (Å²) in [7, 11) is 1.68. The van der Waals surface area contributed by atoms with E-state index < -0.39 is 5.56 Å². The standard InChI is InChI=1S/C13H19N3O3/c1-7-8(2)14-15-12(18)11(7)13(19)16(3)6-9-4-10(17)5-9/h9-10,17H,4-6H2,1-3H3,(H,15,18). The number of hydrogen-bond acceptors (Lipinski definition) is 4. The number of aromatic amines is 1. The quantitative estimate of drug-likeness (QED) is 0.819. The SMILES string of the molecule is Cc1n[nH]c(=O)c(C(=O)N(C)CC2CC(O)C2)c1C. The van der Waals surface area contributed by atoms with Crippen molar-refractivity contribution in [3.63, 3.8) is 0 Å². The molecule has 1 fully saturated rings. The monoisotopic (exact) mass is 265 g/mol. The Kier molecular flexibility index (Phi) is 3.71. The molecule has 1 aromatic heterocycles. The number of amides is 1. The Hall–Kier alpha value is -1.69. The number of aryl methyl sites for hydroxylation is 1. The Morgan fingerprint density at radius 2 is 2.11 bits per heavy atom. The van der Waals surface area contributed by atoms with Gasteiger partial charge in [-0.1, -0.05) is 0 Å². The molecule has 0 aliphatic heterocycles. The highest BCUT2D eigenvalue weighted by Gasteiger charge is 2.30. The second-order valence-electron chi connectivity index (χ2n) is 5.32. The van der Waals surface area contributed by atoms with Crippen molar-refractivity contribution >= 4 is 5.91 Å². The molecular formula is C13H19N3O3. The van der Waals surface area contributed by atoms with Crippen molar-refractivity contribution in [2.45, 2.75) is 32.8 Å². The normalized spacial score (nSPS) is 21.9. The van der Waals surface area contributed by atoms with Gasteiger partial charge >= 0.3 is 0 Å². The van der Waals surface area contributed by atoms with Crippen molar-refractivity contribution in [3.05, 3.63) is 27.2 Å². The molecule has 1 aliphatic rings. The molecule has 0 aromatic carbocycles. The molecule has 0 saturated heterocycles. The van der Waals surface area contributed by atoms with E-state index in [1.165, 1.54) is 0 Å². The van der Waals surface area contributed by atoms with Gasteiger partial charge in [-0.2, -0.15) is 5.10 Å². The summed E-state index contributed by atoms with van der Waals surface area (Å²) >= 11 is 0. The molecule has 6 nitrogen and oxygen atoms in total. The summed E-state index contributed by atoms with van der Waals surface area (Å²) in [5.74, 6) is 0.0388. The molecule has 104 valence electrons. The first-order valence-corrected chi connectivity index (χ1v) is 6.39. The molecule has 1 heterocycles. The van der Waals surface area contributed by atoms with Crippen molar-refractivity contribution in [2.75, 3.05) is 13.6 Å². The van der Waals surface area contributed by atoms with Gasteiger partial charge in [-0.05, 0) is 38.2 Å². The average Bonchev–Trinajstić information content (AvgIpc) is 2.32. The zero-order valence-electron chi connectivity index (χ0n) is 11.4. The van der Waals surface area contributed by atoms with Crippen LogP contribution in [0.5, 0.6) is 0 Å². The van der Waals surface area contributed by atoms with Gasteiger partial charge in [0.05, 0.1) is 11.8 Å². The van der Waals surface area contributed by atoms with Crippen molar-refractivity contribution in [3.8, 4) is 0 Å². The summed E-state index contributed by atoms with van der Waals surface area (Å²) in [5, 5.41) is 15.4. The predicted octanol–water partition coefficient (Wildman–Crippen LogP) is 0.230.